The molecule has 4 rings (SSSR count). The zero-order valence-corrected chi connectivity index (χ0v) is 15.2. The molecule has 136 valence electrons. The second-order valence-corrected chi connectivity index (χ2v) is 7.23. The number of anilines is 2. The fraction of sp³-hybridized carbons (Fsp3) is 0.450. The molecular formula is C20H25N5O. The average molecular weight is 351 g/mol. The monoisotopic (exact) mass is 351 g/mol. The number of carbonyl (C=O) groups excluding carboxylic acids is 1. The highest BCUT2D eigenvalue weighted by atomic mass is 16.2. The van der Waals surface area contributed by atoms with E-state index < -0.39 is 0 Å². The van der Waals surface area contributed by atoms with Crippen molar-refractivity contribution < 1.29 is 4.79 Å². The summed E-state index contributed by atoms with van der Waals surface area (Å²) in [6.45, 7) is 4.94. The van der Waals surface area contributed by atoms with Gasteiger partial charge in [0.25, 0.3) is 0 Å². The van der Waals surface area contributed by atoms with Gasteiger partial charge in [-0.15, -0.1) is 0 Å². The molecule has 2 aromatic rings. The van der Waals surface area contributed by atoms with Crippen molar-refractivity contribution in [1.29, 1.82) is 0 Å². The van der Waals surface area contributed by atoms with Crippen LogP contribution in [0.5, 0.6) is 0 Å². The summed E-state index contributed by atoms with van der Waals surface area (Å²) in [6, 6.07) is 10.5. The number of hydrogen-bond acceptors (Lipinski definition) is 5. The van der Waals surface area contributed by atoms with Crippen LogP contribution in [-0.2, 0) is 11.2 Å². The van der Waals surface area contributed by atoms with Gasteiger partial charge in [0, 0.05) is 44.4 Å². The lowest BCUT2D eigenvalue weighted by atomic mass is 9.97. The summed E-state index contributed by atoms with van der Waals surface area (Å²) in [5, 5.41) is 0. The van der Waals surface area contributed by atoms with E-state index in [0.29, 0.717) is 18.3 Å². The van der Waals surface area contributed by atoms with Crippen LogP contribution in [0.3, 0.4) is 0 Å². The molecule has 1 saturated heterocycles. The first-order chi connectivity index (χ1) is 12.6. The lowest BCUT2D eigenvalue weighted by Gasteiger charge is -2.36. The van der Waals surface area contributed by atoms with Gasteiger partial charge in [0.1, 0.15) is 5.82 Å². The standard InChI is InChI=1S/C20H25N5O/c1-14-12-18(23-20(21)22-14)24-8-10-25(11-9-24)19(26)13-16-7-6-15-4-2-3-5-17(15)16/h2-5,12,16H,6-11,13H2,1H3,(H2,21,22,23)/t16-/m1/s1. The summed E-state index contributed by atoms with van der Waals surface area (Å²) in [6.07, 6.45) is 2.80. The van der Waals surface area contributed by atoms with Crippen molar-refractivity contribution in [1.82, 2.24) is 14.9 Å². The van der Waals surface area contributed by atoms with E-state index in [-0.39, 0.29) is 5.91 Å². The molecule has 26 heavy (non-hydrogen) atoms. The number of aromatic nitrogens is 2. The molecule has 6 heteroatoms. The molecule has 1 aromatic carbocycles. The fourth-order valence-corrected chi connectivity index (χ4v) is 4.12. The van der Waals surface area contributed by atoms with Crippen molar-refractivity contribution in [2.75, 3.05) is 36.8 Å². The van der Waals surface area contributed by atoms with Crippen LogP contribution in [0.2, 0.25) is 0 Å². The molecular weight excluding hydrogens is 326 g/mol. The van der Waals surface area contributed by atoms with E-state index in [1.807, 2.05) is 17.9 Å². The van der Waals surface area contributed by atoms with Gasteiger partial charge in [-0.25, -0.2) is 4.98 Å². The van der Waals surface area contributed by atoms with Gasteiger partial charge in [-0.2, -0.15) is 4.98 Å². The molecule has 1 aliphatic heterocycles. The Labute approximate surface area is 154 Å². The van der Waals surface area contributed by atoms with Gasteiger partial charge in [0.15, 0.2) is 0 Å². The Morgan fingerprint density at radius 2 is 1.96 bits per heavy atom. The Bertz CT molecular complexity index is 793. The summed E-state index contributed by atoms with van der Waals surface area (Å²) in [7, 11) is 0. The van der Waals surface area contributed by atoms with Crippen molar-refractivity contribution in [2.45, 2.75) is 32.1 Å². The van der Waals surface area contributed by atoms with Gasteiger partial charge in [-0.05, 0) is 36.8 Å². The first-order valence-electron chi connectivity index (χ1n) is 9.32. The number of hydrogen-bond donors (Lipinski definition) is 1. The van der Waals surface area contributed by atoms with Gasteiger partial charge in [-0.3, -0.25) is 4.79 Å². The topological polar surface area (TPSA) is 75.3 Å². The van der Waals surface area contributed by atoms with Crippen LogP contribution in [0, 0.1) is 6.92 Å². The molecule has 0 radical (unpaired) electrons. The van der Waals surface area contributed by atoms with E-state index in [0.717, 1.165) is 50.5 Å². The highest BCUT2D eigenvalue weighted by molar-refractivity contribution is 5.77. The number of fused-ring (bicyclic) bond motifs is 1. The average Bonchev–Trinajstić information content (AvgIpc) is 3.04. The highest BCUT2D eigenvalue weighted by Gasteiger charge is 2.28. The van der Waals surface area contributed by atoms with E-state index in [1.165, 1.54) is 11.1 Å². The van der Waals surface area contributed by atoms with Crippen molar-refractivity contribution in [3.63, 3.8) is 0 Å². The van der Waals surface area contributed by atoms with Crippen LogP contribution >= 0.6 is 0 Å². The predicted molar refractivity (Wildman–Crippen MR) is 102 cm³/mol. The molecule has 0 spiro atoms. The number of benzene rings is 1. The first-order valence-corrected chi connectivity index (χ1v) is 9.32. The Morgan fingerprint density at radius 1 is 1.19 bits per heavy atom. The summed E-state index contributed by atoms with van der Waals surface area (Å²) in [5.74, 6) is 1.80. The van der Waals surface area contributed by atoms with Crippen LogP contribution in [0.4, 0.5) is 11.8 Å². The quantitative estimate of drug-likeness (QED) is 0.917. The summed E-state index contributed by atoms with van der Waals surface area (Å²) in [5.41, 5.74) is 9.40. The van der Waals surface area contributed by atoms with Crippen LogP contribution in [0.15, 0.2) is 30.3 Å². The van der Waals surface area contributed by atoms with Crippen molar-refractivity contribution in [3.8, 4) is 0 Å². The van der Waals surface area contributed by atoms with Crippen LogP contribution in [0.25, 0.3) is 0 Å². The SMILES string of the molecule is Cc1cc(N2CCN(C(=O)C[C@H]3CCc4ccccc43)CC2)nc(N)n1. The molecule has 6 nitrogen and oxygen atoms in total. The maximum absolute atomic E-state index is 12.8. The molecule has 1 amide bonds. The first kappa shape index (κ1) is 16.8. The Balaban J connectivity index is 1.35. The lowest BCUT2D eigenvalue weighted by Crippen LogP contribution is -2.49. The second kappa shape index (κ2) is 6.94. The summed E-state index contributed by atoms with van der Waals surface area (Å²) in [4.78, 5) is 25.4. The molecule has 2 N–H and O–H groups in total. The van der Waals surface area contributed by atoms with E-state index in [9.17, 15) is 4.79 Å². The summed E-state index contributed by atoms with van der Waals surface area (Å²) >= 11 is 0. The number of nitrogen functional groups attached to an aromatic ring is 1. The largest absolute Gasteiger partial charge is 0.368 e. The number of rotatable bonds is 3. The third-order valence-electron chi connectivity index (χ3n) is 5.49. The van der Waals surface area contributed by atoms with Crippen molar-refractivity contribution in [3.05, 3.63) is 47.2 Å². The lowest BCUT2D eigenvalue weighted by molar-refractivity contribution is -0.131. The minimum atomic E-state index is 0.268. The van der Waals surface area contributed by atoms with Gasteiger partial charge in [0.05, 0.1) is 0 Å². The number of nitrogens with two attached hydrogens (primary N) is 1. The molecule has 1 fully saturated rings. The Morgan fingerprint density at radius 3 is 2.73 bits per heavy atom. The number of carbonyl (C=O) groups is 1. The van der Waals surface area contributed by atoms with Gasteiger partial charge in [-0.1, -0.05) is 24.3 Å². The van der Waals surface area contributed by atoms with E-state index in [1.54, 1.807) is 0 Å². The molecule has 0 saturated carbocycles. The number of aryl methyl sites for hydroxylation is 2. The van der Waals surface area contributed by atoms with E-state index in [4.69, 9.17) is 5.73 Å². The van der Waals surface area contributed by atoms with Crippen LogP contribution in [0.1, 0.15) is 35.6 Å². The van der Waals surface area contributed by atoms with Gasteiger partial charge < -0.3 is 15.5 Å². The van der Waals surface area contributed by atoms with Gasteiger partial charge >= 0.3 is 0 Å². The van der Waals surface area contributed by atoms with Crippen LogP contribution in [-0.4, -0.2) is 47.0 Å². The maximum atomic E-state index is 12.8. The fourth-order valence-electron chi connectivity index (χ4n) is 4.12. The Hall–Kier alpha value is -2.63. The van der Waals surface area contributed by atoms with Gasteiger partial charge in [0.2, 0.25) is 11.9 Å². The third kappa shape index (κ3) is 3.36. The van der Waals surface area contributed by atoms with Crippen LogP contribution < -0.4 is 10.6 Å². The van der Waals surface area contributed by atoms with E-state index >= 15 is 0 Å². The molecule has 2 aliphatic rings. The second-order valence-electron chi connectivity index (χ2n) is 7.23. The molecule has 1 atom stereocenters. The molecule has 0 unspecified atom stereocenters. The molecule has 2 heterocycles. The predicted octanol–water partition coefficient (Wildman–Crippen LogP) is 2.14. The van der Waals surface area contributed by atoms with Crippen molar-refractivity contribution in [2.24, 2.45) is 0 Å². The Kier molecular flexibility index (Phi) is 4.49. The zero-order valence-electron chi connectivity index (χ0n) is 15.2. The summed E-state index contributed by atoms with van der Waals surface area (Å²) < 4.78 is 0. The number of nitrogens with zero attached hydrogens (tertiary/aromatic N) is 4. The minimum Gasteiger partial charge on any atom is -0.368 e. The molecule has 1 aliphatic carbocycles. The minimum absolute atomic E-state index is 0.268. The normalized spacial score (nSPS) is 19.5. The van der Waals surface area contributed by atoms with Crippen molar-refractivity contribution >= 4 is 17.7 Å². The number of amides is 1. The maximum Gasteiger partial charge on any atom is 0.223 e. The molecule has 0 bridgehead atoms. The molecule has 1 aromatic heterocycles. The van der Waals surface area contributed by atoms with E-state index in [2.05, 4.69) is 39.1 Å². The third-order valence-corrected chi connectivity index (χ3v) is 5.49. The number of piperazine rings is 1. The highest BCUT2D eigenvalue weighted by Crippen LogP contribution is 2.35. The zero-order chi connectivity index (χ0) is 18.1. The smallest absolute Gasteiger partial charge is 0.223 e.